The van der Waals surface area contributed by atoms with Crippen molar-refractivity contribution in [2.45, 2.75) is 58.6 Å². The third-order valence-corrected chi connectivity index (χ3v) is 4.00. The SMILES string of the molecule is C[C@@H]1CN(CC(=O)O)CCN1CCCCCNC(=O)OC(C)(C)C. The van der Waals surface area contributed by atoms with Gasteiger partial charge in [-0.1, -0.05) is 6.42 Å². The summed E-state index contributed by atoms with van der Waals surface area (Å²) in [5, 5.41) is 11.6. The van der Waals surface area contributed by atoms with E-state index in [0.29, 0.717) is 12.6 Å². The molecule has 1 heterocycles. The van der Waals surface area contributed by atoms with Crippen LogP contribution < -0.4 is 5.32 Å². The van der Waals surface area contributed by atoms with Crippen molar-refractivity contribution in [3.63, 3.8) is 0 Å². The quantitative estimate of drug-likeness (QED) is 0.654. The number of hydrogen-bond donors (Lipinski definition) is 2. The van der Waals surface area contributed by atoms with Crippen LogP contribution in [0.2, 0.25) is 0 Å². The van der Waals surface area contributed by atoms with Crippen LogP contribution in [0, 0.1) is 0 Å². The molecular formula is C17H33N3O4. The number of carbonyl (C=O) groups excluding carboxylic acids is 1. The van der Waals surface area contributed by atoms with Crippen LogP contribution in [0.25, 0.3) is 0 Å². The Balaban J connectivity index is 2.07. The normalized spacial score (nSPS) is 19.9. The van der Waals surface area contributed by atoms with Crippen molar-refractivity contribution in [1.82, 2.24) is 15.1 Å². The van der Waals surface area contributed by atoms with Gasteiger partial charge in [0.05, 0.1) is 6.54 Å². The van der Waals surface area contributed by atoms with Gasteiger partial charge in [-0.05, 0) is 47.1 Å². The maximum atomic E-state index is 11.5. The molecule has 1 aliphatic rings. The number of unbranched alkanes of at least 4 members (excludes halogenated alkanes) is 2. The van der Waals surface area contributed by atoms with Gasteiger partial charge < -0.3 is 15.2 Å². The second-order valence-electron chi connectivity index (χ2n) is 7.50. The van der Waals surface area contributed by atoms with Crippen molar-refractivity contribution in [1.29, 1.82) is 0 Å². The lowest BCUT2D eigenvalue weighted by Crippen LogP contribution is -2.53. The first kappa shape index (κ1) is 20.7. The molecule has 2 N–H and O–H groups in total. The zero-order valence-corrected chi connectivity index (χ0v) is 15.5. The Kier molecular flexibility index (Phi) is 8.48. The van der Waals surface area contributed by atoms with Crippen LogP contribution in [0.15, 0.2) is 0 Å². The molecule has 7 heteroatoms. The predicted octanol–water partition coefficient (Wildman–Crippen LogP) is 1.77. The molecule has 140 valence electrons. The van der Waals surface area contributed by atoms with E-state index in [1.54, 1.807) is 0 Å². The number of rotatable bonds is 8. The van der Waals surface area contributed by atoms with E-state index >= 15 is 0 Å². The van der Waals surface area contributed by atoms with Gasteiger partial charge in [0.15, 0.2) is 0 Å². The van der Waals surface area contributed by atoms with E-state index in [-0.39, 0.29) is 12.6 Å². The minimum absolute atomic E-state index is 0.133. The van der Waals surface area contributed by atoms with E-state index in [9.17, 15) is 9.59 Å². The number of carbonyl (C=O) groups is 2. The lowest BCUT2D eigenvalue weighted by Gasteiger charge is -2.39. The first-order valence-corrected chi connectivity index (χ1v) is 8.82. The fourth-order valence-corrected chi connectivity index (χ4v) is 2.86. The maximum absolute atomic E-state index is 11.5. The summed E-state index contributed by atoms with van der Waals surface area (Å²) in [6, 6.07) is 0.387. The van der Waals surface area contributed by atoms with Crippen LogP contribution in [-0.2, 0) is 9.53 Å². The Morgan fingerprint density at radius 3 is 2.50 bits per heavy atom. The van der Waals surface area contributed by atoms with Gasteiger partial charge in [-0.2, -0.15) is 0 Å². The molecule has 0 aromatic rings. The standard InChI is InChI=1S/C17H33N3O4/c1-14-12-19(13-15(21)22)10-11-20(14)9-7-5-6-8-18-16(23)24-17(2,3)4/h14H,5-13H2,1-4H3,(H,18,23)(H,21,22)/t14-/m1/s1. The first-order valence-electron chi connectivity index (χ1n) is 8.82. The highest BCUT2D eigenvalue weighted by molar-refractivity contribution is 5.69. The summed E-state index contributed by atoms with van der Waals surface area (Å²) in [6.45, 7) is 12.0. The molecule has 0 aliphatic carbocycles. The molecular weight excluding hydrogens is 310 g/mol. The molecule has 1 atom stereocenters. The number of carboxylic acids is 1. The average Bonchev–Trinajstić information content (AvgIpc) is 2.42. The maximum Gasteiger partial charge on any atom is 0.407 e. The summed E-state index contributed by atoms with van der Waals surface area (Å²) in [4.78, 5) is 26.7. The van der Waals surface area contributed by atoms with E-state index in [1.807, 2.05) is 25.7 Å². The summed E-state index contributed by atoms with van der Waals surface area (Å²) in [7, 11) is 0. The van der Waals surface area contributed by atoms with Crippen molar-refractivity contribution < 1.29 is 19.4 Å². The van der Waals surface area contributed by atoms with Gasteiger partial charge in [-0.25, -0.2) is 4.79 Å². The Morgan fingerprint density at radius 2 is 1.92 bits per heavy atom. The number of ether oxygens (including phenoxy) is 1. The molecule has 24 heavy (non-hydrogen) atoms. The molecule has 0 saturated carbocycles. The number of nitrogens with one attached hydrogen (secondary N) is 1. The van der Waals surface area contributed by atoms with Gasteiger partial charge in [0.1, 0.15) is 5.60 Å². The zero-order valence-electron chi connectivity index (χ0n) is 15.5. The lowest BCUT2D eigenvalue weighted by molar-refractivity contribution is -0.139. The molecule has 1 fully saturated rings. The van der Waals surface area contributed by atoms with E-state index < -0.39 is 11.6 Å². The number of piperazine rings is 1. The lowest BCUT2D eigenvalue weighted by atomic mass is 10.1. The summed E-state index contributed by atoms with van der Waals surface area (Å²) in [5.74, 6) is -0.756. The average molecular weight is 343 g/mol. The molecule has 0 bridgehead atoms. The molecule has 1 amide bonds. The third kappa shape index (κ3) is 9.08. The summed E-state index contributed by atoms with van der Waals surface area (Å²) in [6.07, 6.45) is 2.72. The van der Waals surface area contributed by atoms with Gasteiger partial charge >= 0.3 is 12.1 Å². The predicted molar refractivity (Wildman–Crippen MR) is 93.2 cm³/mol. The smallest absolute Gasteiger partial charge is 0.407 e. The third-order valence-electron chi connectivity index (χ3n) is 4.00. The molecule has 0 aromatic heterocycles. The molecule has 1 aliphatic heterocycles. The monoisotopic (exact) mass is 343 g/mol. The van der Waals surface area contributed by atoms with E-state index in [0.717, 1.165) is 45.4 Å². The molecule has 0 spiro atoms. The number of aliphatic carboxylic acids is 1. The Hall–Kier alpha value is -1.34. The molecule has 0 unspecified atom stereocenters. The van der Waals surface area contributed by atoms with E-state index in [2.05, 4.69) is 17.1 Å². The van der Waals surface area contributed by atoms with Gasteiger partial charge in [0.2, 0.25) is 0 Å². The van der Waals surface area contributed by atoms with Crippen LogP contribution >= 0.6 is 0 Å². The fourth-order valence-electron chi connectivity index (χ4n) is 2.86. The molecule has 1 rings (SSSR count). The van der Waals surface area contributed by atoms with Crippen molar-refractivity contribution >= 4 is 12.1 Å². The van der Waals surface area contributed by atoms with Gasteiger partial charge in [0, 0.05) is 32.2 Å². The first-order chi connectivity index (χ1) is 11.2. The van der Waals surface area contributed by atoms with Crippen molar-refractivity contribution in [3.05, 3.63) is 0 Å². The number of alkyl carbamates (subject to hydrolysis) is 1. The molecule has 7 nitrogen and oxygen atoms in total. The Bertz CT molecular complexity index is 409. The van der Waals surface area contributed by atoms with Gasteiger partial charge in [-0.15, -0.1) is 0 Å². The van der Waals surface area contributed by atoms with Gasteiger partial charge in [0.25, 0.3) is 0 Å². The van der Waals surface area contributed by atoms with Crippen LogP contribution in [0.4, 0.5) is 4.79 Å². The highest BCUT2D eigenvalue weighted by atomic mass is 16.6. The number of nitrogens with zero attached hydrogens (tertiary/aromatic N) is 2. The van der Waals surface area contributed by atoms with Gasteiger partial charge in [-0.3, -0.25) is 14.6 Å². The Morgan fingerprint density at radius 1 is 1.21 bits per heavy atom. The number of carboxylic acid groups (broad SMARTS) is 1. The largest absolute Gasteiger partial charge is 0.480 e. The van der Waals surface area contributed by atoms with Crippen molar-refractivity contribution in [3.8, 4) is 0 Å². The molecule has 1 saturated heterocycles. The highest BCUT2D eigenvalue weighted by Gasteiger charge is 2.24. The molecule has 0 radical (unpaired) electrons. The Labute approximate surface area is 145 Å². The van der Waals surface area contributed by atoms with Crippen LogP contribution in [0.3, 0.4) is 0 Å². The number of hydrogen-bond acceptors (Lipinski definition) is 5. The topological polar surface area (TPSA) is 82.1 Å². The minimum atomic E-state index is -0.756. The second kappa shape index (κ2) is 9.84. The van der Waals surface area contributed by atoms with Crippen molar-refractivity contribution in [2.75, 3.05) is 39.3 Å². The summed E-state index contributed by atoms with van der Waals surface area (Å²) < 4.78 is 5.19. The van der Waals surface area contributed by atoms with E-state index in [4.69, 9.17) is 9.84 Å². The summed E-state index contributed by atoms with van der Waals surface area (Å²) >= 11 is 0. The van der Waals surface area contributed by atoms with Crippen LogP contribution in [0.5, 0.6) is 0 Å². The number of amides is 1. The fraction of sp³-hybridized carbons (Fsp3) is 0.882. The minimum Gasteiger partial charge on any atom is -0.480 e. The second-order valence-corrected chi connectivity index (χ2v) is 7.50. The summed E-state index contributed by atoms with van der Waals surface area (Å²) in [5.41, 5.74) is -0.455. The van der Waals surface area contributed by atoms with E-state index in [1.165, 1.54) is 0 Å². The zero-order chi connectivity index (χ0) is 18.2. The van der Waals surface area contributed by atoms with Crippen molar-refractivity contribution in [2.24, 2.45) is 0 Å². The van der Waals surface area contributed by atoms with Crippen LogP contribution in [-0.4, -0.2) is 77.9 Å². The highest BCUT2D eigenvalue weighted by Crippen LogP contribution is 2.11. The van der Waals surface area contributed by atoms with Crippen LogP contribution in [0.1, 0.15) is 47.0 Å². The molecule has 0 aromatic carbocycles.